The summed E-state index contributed by atoms with van der Waals surface area (Å²) in [6.45, 7) is 0.169. The van der Waals surface area contributed by atoms with Gasteiger partial charge in [0.15, 0.2) is 0 Å². The molecule has 2 heterocycles. The molecule has 1 aromatic carbocycles. The van der Waals surface area contributed by atoms with Crippen LogP contribution in [0.5, 0.6) is 0 Å². The van der Waals surface area contributed by atoms with Gasteiger partial charge < -0.3 is 10.3 Å². The smallest absolute Gasteiger partial charge is 0.292 e. The molecule has 0 saturated heterocycles. The number of carbonyl (C=O) groups excluding carboxylic acids is 2. The molecule has 6 heteroatoms. The molecule has 0 atom stereocenters. The highest BCUT2D eigenvalue weighted by atomic mass is 19.1. The van der Waals surface area contributed by atoms with Gasteiger partial charge in [-0.2, -0.15) is 0 Å². The van der Waals surface area contributed by atoms with E-state index in [1.807, 2.05) is 0 Å². The van der Waals surface area contributed by atoms with Gasteiger partial charge in [0.1, 0.15) is 5.82 Å². The zero-order chi connectivity index (χ0) is 15.5. The van der Waals surface area contributed by atoms with Gasteiger partial charge in [-0.15, -0.1) is 0 Å². The monoisotopic (exact) mass is 297 g/mol. The summed E-state index contributed by atoms with van der Waals surface area (Å²) in [5.41, 5.74) is 1.35. The fourth-order valence-corrected chi connectivity index (χ4v) is 2.16. The van der Waals surface area contributed by atoms with Gasteiger partial charge in [0.2, 0.25) is 0 Å². The lowest BCUT2D eigenvalue weighted by atomic mass is 10.1. The summed E-state index contributed by atoms with van der Waals surface area (Å²) >= 11 is 0. The minimum Gasteiger partial charge on any atom is -0.360 e. The second-order valence-corrected chi connectivity index (χ2v) is 4.73. The van der Waals surface area contributed by atoms with Crippen molar-refractivity contribution in [2.75, 3.05) is 0 Å². The summed E-state index contributed by atoms with van der Waals surface area (Å²) in [5, 5.41) is 3.04. The molecular formula is C16H12FN3O2. The first-order valence-corrected chi connectivity index (χ1v) is 6.64. The average Bonchev–Trinajstić information content (AvgIpc) is 2.95. The number of Topliss-reactive ketones (excluding diaryl/α,β-unsaturated/α-hetero) is 1. The van der Waals surface area contributed by atoms with Crippen LogP contribution in [0.4, 0.5) is 4.39 Å². The number of hydrogen-bond donors (Lipinski definition) is 2. The Morgan fingerprint density at radius 3 is 2.86 bits per heavy atom. The number of amides is 1. The molecule has 0 fully saturated rings. The van der Waals surface area contributed by atoms with E-state index in [-0.39, 0.29) is 12.1 Å². The molecule has 22 heavy (non-hydrogen) atoms. The van der Waals surface area contributed by atoms with E-state index in [2.05, 4.69) is 15.3 Å². The Hall–Kier alpha value is -3.02. The van der Waals surface area contributed by atoms with Crippen LogP contribution in [0, 0.1) is 5.82 Å². The Balaban J connectivity index is 1.76. The van der Waals surface area contributed by atoms with Crippen LogP contribution in [-0.4, -0.2) is 21.7 Å². The highest BCUT2D eigenvalue weighted by molar-refractivity contribution is 6.44. The molecule has 3 aromatic rings. The number of rotatable bonds is 4. The van der Waals surface area contributed by atoms with E-state index in [4.69, 9.17) is 0 Å². The van der Waals surface area contributed by atoms with E-state index in [1.165, 1.54) is 24.4 Å². The molecule has 0 aliphatic rings. The number of nitrogens with one attached hydrogen (secondary N) is 2. The van der Waals surface area contributed by atoms with E-state index < -0.39 is 17.5 Å². The first kappa shape index (κ1) is 13.9. The standard InChI is InChI=1S/C16H12FN3O2/c17-10-4-5-12-13(9-19-14(12)7-10)15(21)16(22)20-8-11-3-1-2-6-18-11/h1-7,9,19H,8H2,(H,20,22). The molecular weight excluding hydrogens is 285 g/mol. The van der Waals surface area contributed by atoms with Gasteiger partial charge >= 0.3 is 0 Å². The van der Waals surface area contributed by atoms with E-state index in [0.717, 1.165) is 0 Å². The van der Waals surface area contributed by atoms with Gasteiger partial charge in [0.05, 0.1) is 17.8 Å². The predicted molar refractivity (Wildman–Crippen MR) is 78.7 cm³/mol. The lowest BCUT2D eigenvalue weighted by Gasteiger charge is -2.03. The van der Waals surface area contributed by atoms with Crippen molar-refractivity contribution in [3.63, 3.8) is 0 Å². The second kappa shape index (κ2) is 5.77. The second-order valence-electron chi connectivity index (χ2n) is 4.73. The molecule has 2 N–H and O–H groups in total. The number of nitrogens with zero attached hydrogens (tertiary/aromatic N) is 1. The van der Waals surface area contributed by atoms with Gasteiger partial charge in [-0.25, -0.2) is 4.39 Å². The number of aromatic amines is 1. The van der Waals surface area contributed by atoms with Crippen LogP contribution < -0.4 is 5.32 Å². The maximum absolute atomic E-state index is 13.1. The molecule has 0 unspecified atom stereocenters. The number of carbonyl (C=O) groups is 2. The van der Waals surface area contributed by atoms with Crippen LogP contribution in [0.3, 0.4) is 0 Å². The summed E-state index contributed by atoms with van der Waals surface area (Å²) in [7, 11) is 0. The Kier molecular flexibility index (Phi) is 3.65. The zero-order valence-electron chi connectivity index (χ0n) is 11.5. The molecule has 1 amide bonds. The molecule has 0 spiro atoms. The summed E-state index contributed by atoms with van der Waals surface area (Å²) in [6, 6.07) is 9.31. The van der Waals surface area contributed by atoms with Crippen LogP contribution >= 0.6 is 0 Å². The van der Waals surface area contributed by atoms with Crippen molar-refractivity contribution < 1.29 is 14.0 Å². The first-order chi connectivity index (χ1) is 10.6. The number of ketones is 1. The van der Waals surface area contributed by atoms with Crippen molar-refractivity contribution in [1.82, 2.24) is 15.3 Å². The minimum absolute atomic E-state index is 0.169. The molecule has 3 rings (SSSR count). The lowest BCUT2D eigenvalue weighted by Crippen LogP contribution is -2.30. The van der Waals surface area contributed by atoms with E-state index >= 15 is 0 Å². The fraction of sp³-hybridized carbons (Fsp3) is 0.0625. The number of H-pyrrole nitrogens is 1. The number of fused-ring (bicyclic) bond motifs is 1. The Morgan fingerprint density at radius 1 is 1.23 bits per heavy atom. The number of benzene rings is 1. The van der Waals surface area contributed by atoms with Gasteiger partial charge in [-0.05, 0) is 30.3 Å². The molecule has 0 bridgehead atoms. The molecule has 0 radical (unpaired) electrons. The van der Waals surface area contributed by atoms with E-state index in [9.17, 15) is 14.0 Å². The third-order valence-corrected chi connectivity index (χ3v) is 3.25. The largest absolute Gasteiger partial charge is 0.360 e. The Bertz CT molecular complexity index is 843. The summed E-state index contributed by atoms with van der Waals surface area (Å²) in [4.78, 5) is 31.0. The van der Waals surface area contributed by atoms with Crippen molar-refractivity contribution in [3.8, 4) is 0 Å². The van der Waals surface area contributed by atoms with Crippen LogP contribution in [0.1, 0.15) is 16.1 Å². The third-order valence-electron chi connectivity index (χ3n) is 3.25. The zero-order valence-corrected chi connectivity index (χ0v) is 11.5. The van der Waals surface area contributed by atoms with Crippen molar-refractivity contribution in [3.05, 3.63) is 65.9 Å². The van der Waals surface area contributed by atoms with Gasteiger partial charge in [-0.1, -0.05) is 6.07 Å². The summed E-state index contributed by atoms with van der Waals surface area (Å²) < 4.78 is 13.1. The first-order valence-electron chi connectivity index (χ1n) is 6.64. The molecule has 110 valence electrons. The van der Waals surface area contributed by atoms with Crippen molar-refractivity contribution >= 4 is 22.6 Å². The maximum Gasteiger partial charge on any atom is 0.292 e. The molecule has 0 aliphatic heterocycles. The van der Waals surface area contributed by atoms with E-state index in [0.29, 0.717) is 16.6 Å². The molecule has 0 saturated carbocycles. The number of aromatic nitrogens is 2. The van der Waals surface area contributed by atoms with Gasteiger partial charge in [0.25, 0.3) is 11.7 Å². The van der Waals surface area contributed by atoms with E-state index in [1.54, 1.807) is 24.4 Å². The van der Waals surface area contributed by atoms with Crippen molar-refractivity contribution in [2.45, 2.75) is 6.54 Å². The molecule has 0 aliphatic carbocycles. The minimum atomic E-state index is -0.726. The predicted octanol–water partition coefficient (Wildman–Crippen LogP) is 2.20. The number of hydrogen-bond acceptors (Lipinski definition) is 3. The SMILES string of the molecule is O=C(NCc1ccccn1)C(=O)c1c[nH]c2cc(F)ccc12. The third kappa shape index (κ3) is 2.71. The van der Waals surface area contributed by atoms with Gasteiger partial charge in [0, 0.05) is 23.3 Å². The maximum atomic E-state index is 13.1. The topological polar surface area (TPSA) is 74.8 Å². The lowest BCUT2D eigenvalue weighted by molar-refractivity contribution is -0.117. The van der Waals surface area contributed by atoms with Crippen LogP contribution in [0.25, 0.3) is 10.9 Å². The summed E-state index contributed by atoms with van der Waals surface area (Å²) in [5.74, 6) is -1.81. The number of pyridine rings is 1. The van der Waals surface area contributed by atoms with Crippen LogP contribution in [0.2, 0.25) is 0 Å². The highest BCUT2D eigenvalue weighted by Gasteiger charge is 2.19. The average molecular weight is 297 g/mol. The number of halogens is 1. The highest BCUT2D eigenvalue weighted by Crippen LogP contribution is 2.19. The van der Waals surface area contributed by atoms with Gasteiger partial charge in [-0.3, -0.25) is 14.6 Å². The fourth-order valence-electron chi connectivity index (χ4n) is 2.16. The van der Waals surface area contributed by atoms with Crippen molar-refractivity contribution in [1.29, 1.82) is 0 Å². The molecule has 5 nitrogen and oxygen atoms in total. The van der Waals surface area contributed by atoms with Crippen LogP contribution in [0.15, 0.2) is 48.8 Å². The quantitative estimate of drug-likeness (QED) is 0.572. The Morgan fingerprint density at radius 2 is 2.09 bits per heavy atom. The van der Waals surface area contributed by atoms with Crippen LogP contribution in [-0.2, 0) is 11.3 Å². The normalized spacial score (nSPS) is 10.6. The van der Waals surface area contributed by atoms with Crippen molar-refractivity contribution in [2.24, 2.45) is 0 Å². The molecule has 2 aromatic heterocycles. The Labute approximate surface area is 125 Å². The summed E-state index contributed by atoms with van der Waals surface area (Å²) in [6.07, 6.45) is 3.02.